The second kappa shape index (κ2) is 6.81. The largest absolute Gasteiger partial charge is 0.358 e. The summed E-state index contributed by atoms with van der Waals surface area (Å²) >= 11 is 0. The van der Waals surface area contributed by atoms with Crippen molar-refractivity contribution in [2.45, 2.75) is 25.9 Å². The third-order valence-electron chi connectivity index (χ3n) is 2.92. The van der Waals surface area contributed by atoms with Crippen LogP contribution in [0.1, 0.15) is 30.2 Å². The molecular formula is C14H18N4O2. The van der Waals surface area contributed by atoms with Crippen LogP contribution in [0.2, 0.25) is 0 Å². The van der Waals surface area contributed by atoms with E-state index in [1.807, 2.05) is 37.3 Å². The number of carbonyl (C=O) groups excluding carboxylic acids is 1. The van der Waals surface area contributed by atoms with Gasteiger partial charge in [-0.15, -0.1) is 0 Å². The number of aryl methyl sites for hydroxylation is 1. The molecule has 1 aromatic heterocycles. The lowest BCUT2D eigenvalue weighted by Gasteiger charge is -2.16. The summed E-state index contributed by atoms with van der Waals surface area (Å²) in [6.07, 6.45) is 0.699. The second-order valence-corrected chi connectivity index (χ2v) is 4.30. The van der Waals surface area contributed by atoms with Gasteiger partial charge in [0.2, 0.25) is 11.8 Å². The average molecular weight is 274 g/mol. The summed E-state index contributed by atoms with van der Waals surface area (Å²) in [5.74, 6) is 1.04. The quantitative estimate of drug-likeness (QED) is 0.827. The summed E-state index contributed by atoms with van der Waals surface area (Å²) < 4.78 is 5.04. The van der Waals surface area contributed by atoms with Crippen LogP contribution in [0.25, 0.3) is 0 Å². The van der Waals surface area contributed by atoms with Gasteiger partial charge >= 0.3 is 0 Å². The summed E-state index contributed by atoms with van der Waals surface area (Å²) in [4.78, 5) is 16.2. The number of nitrogens with zero attached hydrogens (tertiary/aromatic N) is 2. The van der Waals surface area contributed by atoms with Crippen molar-refractivity contribution in [3.63, 3.8) is 0 Å². The van der Waals surface area contributed by atoms with Gasteiger partial charge < -0.3 is 9.84 Å². The van der Waals surface area contributed by atoms with Gasteiger partial charge in [-0.05, 0) is 5.56 Å². The molecule has 0 unspecified atom stereocenters. The first-order chi connectivity index (χ1) is 9.74. The molecule has 1 amide bonds. The van der Waals surface area contributed by atoms with Gasteiger partial charge in [0.15, 0.2) is 5.82 Å². The molecule has 2 aromatic rings. The molecule has 6 nitrogen and oxygen atoms in total. The Morgan fingerprint density at radius 2 is 2.10 bits per heavy atom. The van der Waals surface area contributed by atoms with Gasteiger partial charge in [0, 0.05) is 13.5 Å². The van der Waals surface area contributed by atoms with Crippen LogP contribution in [0.3, 0.4) is 0 Å². The number of amides is 1. The first-order valence-corrected chi connectivity index (χ1v) is 6.56. The summed E-state index contributed by atoms with van der Waals surface area (Å²) in [7, 11) is 1.61. The fourth-order valence-corrected chi connectivity index (χ4v) is 1.85. The molecule has 0 spiro atoms. The van der Waals surface area contributed by atoms with E-state index in [0.29, 0.717) is 24.7 Å². The zero-order chi connectivity index (χ0) is 14.4. The highest BCUT2D eigenvalue weighted by Gasteiger charge is 2.19. The predicted molar refractivity (Wildman–Crippen MR) is 73.8 cm³/mol. The van der Waals surface area contributed by atoms with E-state index in [-0.39, 0.29) is 5.91 Å². The third-order valence-corrected chi connectivity index (χ3v) is 2.92. The monoisotopic (exact) mass is 274 g/mol. The number of benzene rings is 1. The van der Waals surface area contributed by atoms with Crippen LogP contribution < -0.4 is 10.6 Å². The number of aromatic nitrogens is 2. The molecule has 1 atom stereocenters. The zero-order valence-electron chi connectivity index (χ0n) is 11.6. The van der Waals surface area contributed by atoms with Crippen LogP contribution in [-0.2, 0) is 17.8 Å². The third kappa shape index (κ3) is 3.42. The molecular weight excluding hydrogens is 256 g/mol. The first kappa shape index (κ1) is 14.2. The molecule has 6 heteroatoms. The van der Waals surface area contributed by atoms with Crippen molar-refractivity contribution >= 4 is 5.91 Å². The van der Waals surface area contributed by atoms with Crippen LogP contribution >= 0.6 is 0 Å². The second-order valence-electron chi connectivity index (χ2n) is 4.30. The van der Waals surface area contributed by atoms with Gasteiger partial charge in [-0.25, -0.2) is 0 Å². The minimum Gasteiger partial charge on any atom is -0.358 e. The van der Waals surface area contributed by atoms with Crippen molar-refractivity contribution in [1.82, 2.24) is 20.8 Å². The molecule has 0 saturated carbocycles. The maximum atomic E-state index is 12.0. The molecule has 0 radical (unpaired) electrons. The molecule has 2 N–H and O–H groups in total. The molecule has 0 saturated heterocycles. The smallest absolute Gasteiger partial charge is 0.241 e. The van der Waals surface area contributed by atoms with E-state index in [0.717, 1.165) is 5.56 Å². The number of hydrogen-bond donors (Lipinski definition) is 2. The molecule has 0 bridgehead atoms. The SMILES string of the molecule is CCc1nc(CN[C@H](C(=O)NC)c2ccccc2)no1. The van der Waals surface area contributed by atoms with Crippen molar-refractivity contribution in [3.8, 4) is 0 Å². The summed E-state index contributed by atoms with van der Waals surface area (Å²) in [6.45, 7) is 2.32. The van der Waals surface area contributed by atoms with E-state index in [1.165, 1.54) is 0 Å². The summed E-state index contributed by atoms with van der Waals surface area (Å²) in [5.41, 5.74) is 0.894. The molecule has 0 aliphatic carbocycles. The van der Waals surface area contributed by atoms with Crippen LogP contribution in [-0.4, -0.2) is 23.1 Å². The molecule has 0 fully saturated rings. The van der Waals surface area contributed by atoms with Gasteiger partial charge in [-0.2, -0.15) is 4.98 Å². The van der Waals surface area contributed by atoms with Crippen molar-refractivity contribution in [3.05, 3.63) is 47.6 Å². The topological polar surface area (TPSA) is 80.0 Å². The summed E-state index contributed by atoms with van der Waals surface area (Å²) in [6, 6.07) is 9.08. The predicted octanol–water partition coefficient (Wildman–Crippen LogP) is 1.21. The average Bonchev–Trinajstić information content (AvgIpc) is 2.96. The Labute approximate surface area is 117 Å². The number of likely N-dealkylation sites (N-methyl/N-ethyl adjacent to an activating group) is 1. The first-order valence-electron chi connectivity index (χ1n) is 6.56. The molecule has 106 valence electrons. The highest BCUT2D eigenvalue weighted by atomic mass is 16.5. The van der Waals surface area contributed by atoms with Gasteiger partial charge in [0.05, 0.1) is 6.54 Å². The van der Waals surface area contributed by atoms with Crippen LogP contribution in [0.4, 0.5) is 0 Å². The Bertz CT molecular complexity index is 553. The maximum Gasteiger partial charge on any atom is 0.241 e. The van der Waals surface area contributed by atoms with Gasteiger partial charge in [-0.1, -0.05) is 42.4 Å². The van der Waals surface area contributed by atoms with E-state index in [1.54, 1.807) is 7.05 Å². The normalized spacial score (nSPS) is 12.1. The van der Waals surface area contributed by atoms with Gasteiger partial charge in [0.1, 0.15) is 6.04 Å². The van der Waals surface area contributed by atoms with Crippen LogP contribution in [0.15, 0.2) is 34.9 Å². The lowest BCUT2D eigenvalue weighted by Crippen LogP contribution is -2.35. The van der Waals surface area contributed by atoms with E-state index >= 15 is 0 Å². The zero-order valence-corrected chi connectivity index (χ0v) is 11.6. The minimum atomic E-state index is -0.440. The molecule has 1 aromatic carbocycles. The number of hydrogen-bond acceptors (Lipinski definition) is 5. The Balaban J connectivity index is 2.07. The Hall–Kier alpha value is -2.21. The van der Waals surface area contributed by atoms with Crippen LogP contribution in [0, 0.1) is 0 Å². The van der Waals surface area contributed by atoms with Gasteiger partial charge in [-0.3, -0.25) is 10.1 Å². The number of rotatable bonds is 6. The standard InChI is InChI=1S/C14H18N4O2/c1-3-12-17-11(18-20-12)9-16-13(14(19)15-2)10-7-5-4-6-8-10/h4-8,13,16H,3,9H2,1-2H3,(H,15,19)/t13-/m0/s1. The van der Waals surface area contributed by atoms with Gasteiger partial charge in [0.25, 0.3) is 0 Å². The molecule has 20 heavy (non-hydrogen) atoms. The number of nitrogens with one attached hydrogen (secondary N) is 2. The van der Waals surface area contributed by atoms with Crippen LogP contribution in [0.5, 0.6) is 0 Å². The van der Waals surface area contributed by atoms with E-state index in [2.05, 4.69) is 20.8 Å². The minimum absolute atomic E-state index is 0.101. The maximum absolute atomic E-state index is 12.0. The fraction of sp³-hybridized carbons (Fsp3) is 0.357. The Morgan fingerprint density at radius 3 is 2.70 bits per heavy atom. The Morgan fingerprint density at radius 1 is 1.35 bits per heavy atom. The fourth-order valence-electron chi connectivity index (χ4n) is 1.85. The lowest BCUT2D eigenvalue weighted by molar-refractivity contribution is -0.122. The molecule has 2 rings (SSSR count). The molecule has 0 aliphatic heterocycles. The molecule has 1 heterocycles. The Kier molecular flexibility index (Phi) is 4.84. The van der Waals surface area contributed by atoms with Crippen molar-refractivity contribution in [2.75, 3.05) is 7.05 Å². The highest BCUT2D eigenvalue weighted by molar-refractivity contribution is 5.82. The number of carbonyl (C=O) groups is 1. The van der Waals surface area contributed by atoms with Crippen molar-refractivity contribution in [2.24, 2.45) is 0 Å². The summed E-state index contributed by atoms with van der Waals surface area (Å²) in [5, 5.41) is 9.65. The highest BCUT2D eigenvalue weighted by Crippen LogP contribution is 2.13. The van der Waals surface area contributed by atoms with Crippen molar-refractivity contribution < 1.29 is 9.32 Å². The lowest BCUT2D eigenvalue weighted by atomic mass is 10.1. The van der Waals surface area contributed by atoms with E-state index in [9.17, 15) is 4.79 Å². The molecule has 0 aliphatic rings. The van der Waals surface area contributed by atoms with E-state index in [4.69, 9.17) is 4.52 Å². The van der Waals surface area contributed by atoms with Crippen molar-refractivity contribution in [1.29, 1.82) is 0 Å². The van der Waals surface area contributed by atoms with E-state index < -0.39 is 6.04 Å².